The summed E-state index contributed by atoms with van der Waals surface area (Å²) in [5.74, 6) is 0.201. The highest BCUT2D eigenvalue weighted by Gasteiger charge is 2.39. The number of carbonyl (C=O) groups excluding carboxylic acids is 3. The molecule has 3 N–H and O–H groups in total. The lowest BCUT2D eigenvalue weighted by atomic mass is 9.94. The summed E-state index contributed by atoms with van der Waals surface area (Å²) in [7, 11) is 1.59. The summed E-state index contributed by atoms with van der Waals surface area (Å²) in [6, 6.07) is 20.6. The number of nitrogens with one attached hydrogen (secondary N) is 3. The number of amides is 3. The highest BCUT2D eigenvalue weighted by molar-refractivity contribution is 5.93. The fourth-order valence-electron chi connectivity index (χ4n) is 5.48. The minimum Gasteiger partial charge on any atom is -0.467 e. The smallest absolute Gasteiger partial charge is 0.243 e. The molecule has 0 aliphatic carbocycles. The van der Waals surface area contributed by atoms with Gasteiger partial charge >= 0.3 is 0 Å². The molecule has 236 valence electrons. The van der Waals surface area contributed by atoms with Crippen molar-refractivity contribution in [2.45, 2.75) is 65.1 Å². The van der Waals surface area contributed by atoms with Gasteiger partial charge in [0.15, 0.2) is 6.79 Å². The molecule has 9 nitrogen and oxygen atoms in total. The number of hydrogen-bond acceptors (Lipinski definition) is 6. The third-order valence-corrected chi connectivity index (χ3v) is 7.79. The minimum absolute atomic E-state index is 0.0499. The van der Waals surface area contributed by atoms with Crippen LogP contribution in [0.3, 0.4) is 0 Å². The van der Waals surface area contributed by atoms with Crippen molar-refractivity contribution in [1.29, 1.82) is 0 Å². The second kappa shape index (κ2) is 15.7. The standard InChI is InChI=1S/C35H46N4O5/c1-35(2,3)34(42)39-20-9-14-30(39)33(41)38-29(22-25-16-17-26-11-5-6-12-27(26)21-25)32(40)37-19-10-18-36-23-28-13-7-8-15-31(28)44-24-43-4/h5-8,11-13,15-17,21,29-30,36H,9-10,14,18-20,22-24H2,1-4H3,(H,37,40)(H,38,41)/t29-,30?/m1/s1. The topological polar surface area (TPSA) is 109 Å². The summed E-state index contributed by atoms with van der Waals surface area (Å²) in [5, 5.41) is 11.6. The molecule has 3 aromatic rings. The van der Waals surface area contributed by atoms with Gasteiger partial charge in [-0.25, -0.2) is 0 Å². The molecule has 3 amide bonds. The van der Waals surface area contributed by atoms with Crippen LogP contribution in [0.15, 0.2) is 66.7 Å². The second-order valence-corrected chi connectivity index (χ2v) is 12.3. The van der Waals surface area contributed by atoms with Gasteiger partial charge in [0.2, 0.25) is 17.7 Å². The van der Waals surface area contributed by atoms with Crippen molar-refractivity contribution in [3.05, 3.63) is 77.9 Å². The number of hydrogen-bond donors (Lipinski definition) is 3. The molecule has 0 bridgehead atoms. The van der Waals surface area contributed by atoms with Crippen molar-refractivity contribution >= 4 is 28.5 Å². The average molecular weight is 603 g/mol. The normalized spacial score (nSPS) is 15.6. The van der Waals surface area contributed by atoms with Gasteiger partial charge in [-0.1, -0.05) is 81.4 Å². The Kier molecular flexibility index (Phi) is 11.7. The van der Waals surface area contributed by atoms with Gasteiger partial charge in [0, 0.05) is 44.1 Å². The van der Waals surface area contributed by atoms with Crippen LogP contribution in [-0.2, 0) is 32.1 Å². The molecule has 0 spiro atoms. The molecule has 3 aromatic carbocycles. The van der Waals surface area contributed by atoms with Crippen LogP contribution in [0.1, 0.15) is 51.2 Å². The number of benzene rings is 3. The van der Waals surface area contributed by atoms with Crippen LogP contribution in [0.4, 0.5) is 0 Å². The maximum absolute atomic E-state index is 13.5. The number of ether oxygens (including phenoxy) is 2. The summed E-state index contributed by atoms with van der Waals surface area (Å²) in [6.45, 7) is 8.09. The number of fused-ring (bicyclic) bond motifs is 1. The molecule has 1 fully saturated rings. The van der Waals surface area contributed by atoms with Gasteiger partial charge in [0.25, 0.3) is 0 Å². The molecular formula is C35H46N4O5. The molecule has 1 unspecified atom stereocenters. The third kappa shape index (κ3) is 9.03. The van der Waals surface area contributed by atoms with Gasteiger partial charge in [0.1, 0.15) is 17.8 Å². The number of methoxy groups -OCH3 is 1. The number of likely N-dealkylation sites (tertiary alicyclic amines) is 1. The van der Waals surface area contributed by atoms with E-state index in [2.05, 4.69) is 22.0 Å². The molecule has 4 rings (SSSR count). The second-order valence-electron chi connectivity index (χ2n) is 12.3. The first kappa shape index (κ1) is 33.0. The molecule has 2 atom stereocenters. The van der Waals surface area contributed by atoms with Crippen LogP contribution in [0.25, 0.3) is 10.8 Å². The summed E-state index contributed by atoms with van der Waals surface area (Å²) in [5.41, 5.74) is 1.39. The maximum Gasteiger partial charge on any atom is 0.243 e. The van der Waals surface area contributed by atoms with E-state index in [9.17, 15) is 14.4 Å². The van der Waals surface area contributed by atoms with Crippen LogP contribution < -0.4 is 20.7 Å². The van der Waals surface area contributed by atoms with Gasteiger partial charge < -0.3 is 30.3 Å². The summed E-state index contributed by atoms with van der Waals surface area (Å²) in [4.78, 5) is 41.7. The Bertz CT molecular complexity index is 1420. The Labute approximate surface area is 260 Å². The van der Waals surface area contributed by atoms with Crippen molar-refractivity contribution in [1.82, 2.24) is 20.9 Å². The fourth-order valence-corrected chi connectivity index (χ4v) is 5.48. The minimum atomic E-state index is -0.770. The number of nitrogens with zero attached hydrogens (tertiary/aromatic N) is 1. The third-order valence-electron chi connectivity index (χ3n) is 7.79. The highest BCUT2D eigenvalue weighted by atomic mass is 16.7. The van der Waals surface area contributed by atoms with E-state index in [-0.39, 0.29) is 24.5 Å². The van der Waals surface area contributed by atoms with E-state index in [1.807, 2.05) is 81.4 Å². The Morgan fingerprint density at radius 3 is 2.50 bits per heavy atom. The van der Waals surface area contributed by atoms with Crippen molar-refractivity contribution in [2.24, 2.45) is 5.41 Å². The summed E-state index contributed by atoms with van der Waals surface area (Å²) in [6.07, 6.45) is 2.40. The van der Waals surface area contributed by atoms with Gasteiger partial charge in [0.05, 0.1) is 0 Å². The summed E-state index contributed by atoms with van der Waals surface area (Å²) < 4.78 is 10.6. The van der Waals surface area contributed by atoms with Gasteiger partial charge in [-0.2, -0.15) is 0 Å². The molecular weight excluding hydrogens is 556 g/mol. The molecule has 9 heteroatoms. The number of rotatable bonds is 14. The van der Waals surface area contributed by atoms with E-state index in [1.165, 1.54) is 0 Å². The van der Waals surface area contributed by atoms with E-state index in [0.717, 1.165) is 34.1 Å². The van der Waals surface area contributed by atoms with Crippen molar-refractivity contribution < 1.29 is 23.9 Å². The quantitative estimate of drug-likeness (QED) is 0.189. The monoisotopic (exact) mass is 602 g/mol. The van der Waals surface area contributed by atoms with Crippen LogP contribution in [0, 0.1) is 5.41 Å². The zero-order chi connectivity index (χ0) is 31.5. The van der Waals surface area contributed by atoms with Crippen molar-refractivity contribution in [3.63, 3.8) is 0 Å². The first-order valence-corrected chi connectivity index (χ1v) is 15.4. The largest absolute Gasteiger partial charge is 0.467 e. The lowest BCUT2D eigenvalue weighted by molar-refractivity contribution is -0.145. The van der Waals surface area contributed by atoms with E-state index in [4.69, 9.17) is 9.47 Å². The van der Waals surface area contributed by atoms with E-state index in [0.29, 0.717) is 45.4 Å². The zero-order valence-electron chi connectivity index (χ0n) is 26.4. The molecule has 0 radical (unpaired) electrons. The SMILES string of the molecule is COCOc1ccccc1CNCCCNC(=O)[C@@H](Cc1ccc2ccccc2c1)NC(=O)C1CCCN1C(=O)C(C)(C)C. The van der Waals surface area contributed by atoms with Crippen LogP contribution in [0.5, 0.6) is 5.75 Å². The summed E-state index contributed by atoms with van der Waals surface area (Å²) >= 11 is 0. The predicted octanol–water partition coefficient (Wildman–Crippen LogP) is 4.18. The van der Waals surface area contributed by atoms with Gasteiger partial charge in [-0.15, -0.1) is 0 Å². The molecule has 0 aromatic heterocycles. The van der Waals surface area contributed by atoms with Crippen LogP contribution >= 0.6 is 0 Å². The Balaban J connectivity index is 1.36. The average Bonchev–Trinajstić information content (AvgIpc) is 3.51. The van der Waals surface area contributed by atoms with E-state index in [1.54, 1.807) is 12.0 Å². The van der Waals surface area contributed by atoms with E-state index < -0.39 is 17.5 Å². The lowest BCUT2D eigenvalue weighted by Gasteiger charge is -2.31. The van der Waals surface area contributed by atoms with Crippen LogP contribution in [0.2, 0.25) is 0 Å². The lowest BCUT2D eigenvalue weighted by Crippen LogP contribution is -2.55. The fraction of sp³-hybridized carbons (Fsp3) is 0.457. The number of para-hydroxylation sites is 1. The first-order chi connectivity index (χ1) is 21.2. The molecule has 1 saturated heterocycles. The highest BCUT2D eigenvalue weighted by Crippen LogP contribution is 2.26. The number of carbonyl (C=O) groups is 3. The van der Waals surface area contributed by atoms with Gasteiger partial charge in [-0.3, -0.25) is 14.4 Å². The molecule has 1 aliphatic heterocycles. The first-order valence-electron chi connectivity index (χ1n) is 15.4. The van der Waals surface area contributed by atoms with Crippen LogP contribution in [-0.4, -0.2) is 68.2 Å². The Morgan fingerprint density at radius 1 is 0.977 bits per heavy atom. The maximum atomic E-state index is 13.5. The molecule has 1 aliphatic rings. The zero-order valence-corrected chi connectivity index (χ0v) is 26.4. The van der Waals surface area contributed by atoms with Crippen molar-refractivity contribution in [2.75, 3.05) is 33.5 Å². The predicted molar refractivity (Wildman–Crippen MR) is 172 cm³/mol. The molecule has 0 saturated carbocycles. The molecule has 1 heterocycles. The Morgan fingerprint density at radius 2 is 1.73 bits per heavy atom. The molecule has 44 heavy (non-hydrogen) atoms. The van der Waals surface area contributed by atoms with Crippen molar-refractivity contribution in [3.8, 4) is 5.75 Å². The van der Waals surface area contributed by atoms with E-state index >= 15 is 0 Å². The Hall–Kier alpha value is -3.95. The van der Waals surface area contributed by atoms with Gasteiger partial charge in [-0.05, 0) is 48.2 Å².